The van der Waals surface area contributed by atoms with Crippen molar-refractivity contribution >= 4 is 5.82 Å². The number of ether oxygens (including phenoxy) is 1. The van der Waals surface area contributed by atoms with Crippen LogP contribution in [0.4, 0.5) is 5.82 Å². The Labute approximate surface area is 117 Å². The van der Waals surface area contributed by atoms with Crippen LogP contribution in [0.2, 0.25) is 0 Å². The van der Waals surface area contributed by atoms with E-state index in [1.54, 1.807) is 7.11 Å². The fourth-order valence-corrected chi connectivity index (χ4v) is 2.04. The number of hydrogen-bond donors (Lipinski definition) is 1. The van der Waals surface area contributed by atoms with E-state index in [0.717, 1.165) is 43.1 Å². The van der Waals surface area contributed by atoms with Gasteiger partial charge in [0.05, 0.1) is 0 Å². The summed E-state index contributed by atoms with van der Waals surface area (Å²) in [4.78, 5) is 9.36. The average Bonchev–Trinajstić information content (AvgIpc) is 2.43. The molecule has 1 atom stereocenters. The smallest absolute Gasteiger partial charge is 0.162 e. The van der Waals surface area contributed by atoms with Gasteiger partial charge in [0.25, 0.3) is 0 Å². The van der Waals surface area contributed by atoms with Gasteiger partial charge < -0.3 is 10.1 Å². The Bertz CT molecular complexity index is 414. The summed E-state index contributed by atoms with van der Waals surface area (Å²) >= 11 is 0. The van der Waals surface area contributed by atoms with Gasteiger partial charge in [-0.15, -0.1) is 0 Å². The van der Waals surface area contributed by atoms with Crippen molar-refractivity contribution in [2.24, 2.45) is 0 Å². The zero-order valence-electron chi connectivity index (χ0n) is 13.1. The molecule has 1 aromatic rings. The summed E-state index contributed by atoms with van der Waals surface area (Å²) in [5.41, 5.74) is 1.83. The van der Waals surface area contributed by atoms with Gasteiger partial charge in [0.1, 0.15) is 11.4 Å². The van der Waals surface area contributed by atoms with Gasteiger partial charge in [-0.25, -0.2) is 9.97 Å². The summed E-state index contributed by atoms with van der Waals surface area (Å²) in [5.74, 6) is 1.73. The number of aromatic nitrogens is 2. The van der Waals surface area contributed by atoms with E-state index in [2.05, 4.69) is 31.1 Å². The van der Waals surface area contributed by atoms with Gasteiger partial charge in [-0.2, -0.15) is 0 Å². The van der Waals surface area contributed by atoms with Gasteiger partial charge in [-0.3, -0.25) is 0 Å². The van der Waals surface area contributed by atoms with Crippen LogP contribution in [-0.4, -0.2) is 23.6 Å². The summed E-state index contributed by atoms with van der Waals surface area (Å²) in [7, 11) is 1.72. The highest BCUT2D eigenvalue weighted by Crippen LogP contribution is 2.28. The van der Waals surface area contributed by atoms with E-state index >= 15 is 0 Å². The number of methoxy groups -OCH3 is 1. The lowest BCUT2D eigenvalue weighted by molar-refractivity contribution is -0.00902. The van der Waals surface area contributed by atoms with Crippen molar-refractivity contribution in [3.05, 3.63) is 17.1 Å². The third kappa shape index (κ3) is 3.44. The SMILES string of the molecule is CCCNc1nc(C(C)(CC)OC)nc(C)c1CC. The highest BCUT2D eigenvalue weighted by atomic mass is 16.5. The van der Waals surface area contributed by atoms with Crippen LogP contribution in [0.3, 0.4) is 0 Å². The molecule has 1 unspecified atom stereocenters. The highest BCUT2D eigenvalue weighted by Gasteiger charge is 2.28. The van der Waals surface area contributed by atoms with E-state index in [-0.39, 0.29) is 0 Å². The highest BCUT2D eigenvalue weighted by molar-refractivity contribution is 5.47. The van der Waals surface area contributed by atoms with E-state index in [0.29, 0.717) is 0 Å². The second-order valence-corrected chi connectivity index (χ2v) is 5.03. The molecule has 19 heavy (non-hydrogen) atoms. The van der Waals surface area contributed by atoms with E-state index in [4.69, 9.17) is 9.72 Å². The molecule has 1 rings (SSSR count). The van der Waals surface area contributed by atoms with Crippen LogP contribution < -0.4 is 5.32 Å². The summed E-state index contributed by atoms with van der Waals surface area (Å²) in [6, 6.07) is 0. The fourth-order valence-electron chi connectivity index (χ4n) is 2.04. The molecule has 0 radical (unpaired) electrons. The number of hydrogen-bond acceptors (Lipinski definition) is 4. The zero-order chi connectivity index (χ0) is 14.5. The molecule has 1 aromatic heterocycles. The van der Waals surface area contributed by atoms with Gasteiger partial charge in [0, 0.05) is 24.9 Å². The maximum absolute atomic E-state index is 5.61. The van der Waals surface area contributed by atoms with E-state index in [9.17, 15) is 0 Å². The van der Waals surface area contributed by atoms with Crippen molar-refractivity contribution in [1.29, 1.82) is 0 Å². The normalized spacial score (nSPS) is 14.2. The Morgan fingerprint density at radius 1 is 1.21 bits per heavy atom. The second kappa shape index (κ2) is 6.85. The Balaban J connectivity index is 3.25. The molecule has 4 nitrogen and oxygen atoms in total. The van der Waals surface area contributed by atoms with Crippen LogP contribution in [0, 0.1) is 6.92 Å². The minimum absolute atomic E-state index is 0.417. The third-order valence-electron chi connectivity index (χ3n) is 3.71. The van der Waals surface area contributed by atoms with Crippen LogP contribution in [0.1, 0.15) is 57.6 Å². The minimum Gasteiger partial charge on any atom is -0.371 e. The van der Waals surface area contributed by atoms with Gasteiger partial charge >= 0.3 is 0 Å². The zero-order valence-corrected chi connectivity index (χ0v) is 13.1. The first kappa shape index (κ1) is 15.9. The summed E-state index contributed by atoms with van der Waals surface area (Å²) in [6.07, 6.45) is 2.87. The Morgan fingerprint density at radius 3 is 2.37 bits per heavy atom. The second-order valence-electron chi connectivity index (χ2n) is 5.03. The van der Waals surface area contributed by atoms with Crippen LogP contribution in [0.5, 0.6) is 0 Å². The van der Waals surface area contributed by atoms with Gasteiger partial charge in [0.2, 0.25) is 0 Å². The minimum atomic E-state index is -0.417. The number of anilines is 1. The maximum Gasteiger partial charge on any atom is 0.162 e. The Morgan fingerprint density at radius 2 is 1.89 bits per heavy atom. The third-order valence-corrected chi connectivity index (χ3v) is 3.71. The Hall–Kier alpha value is -1.16. The molecule has 1 heterocycles. The molecule has 0 amide bonds. The average molecular weight is 265 g/mol. The monoisotopic (exact) mass is 265 g/mol. The van der Waals surface area contributed by atoms with E-state index in [1.165, 1.54) is 5.56 Å². The molecule has 0 spiro atoms. The number of rotatable bonds is 7. The standard InChI is InChI=1S/C15H27N3O/c1-7-10-16-13-12(8-2)11(4)17-14(18-13)15(5,9-3)19-6/h7-10H2,1-6H3,(H,16,17,18). The molecule has 0 fully saturated rings. The molecule has 1 N–H and O–H groups in total. The molecule has 4 heteroatoms. The number of nitrogens with zero attached hydrogens (tertiary/aromatic N) is 2. The fraction of sp³-hybridized carbons (Fsp3) is 0.733. The molecular formula is C15H27N3O. The first-order valence-corrected chi connectivity index (χ1v) is 7.19. The largest absolute Gasteiger partial charge is 0.371 e. The van der Waals surface area contributed by atoms with Crippen LogP contribution in [0.25, 0.3) is 0 Å². The van der Waals surface area contributed by atoms with Crippen LogP contribution >= 0.6 is 0 Å². The van der Waals surface area contributed by atoms with Crippen molar-refractivity contribution in [3.63, 3.8) is 0 Å². The molecule has 0 bridgehead atoms. The van der Waals surface area contributed by atoms with Crippen LogP contribution in [0.15, 0.2) is 0 Å². The molecule has 0 aliphatic heterocycles. The first-order valence-electron chi connectivity index (χ1n) is 7.19. The predicted molar refractivity (Wildman–Crippen MR) is 79.6 cm³/mol. The maximum atomic E-state index is 5.61. The molecule has 108 valence electrons. The van der Waals surface area contributed by atoms with E-state index < -0.39 is 5.60 Å². The first-order chi connectivity index (χ1) is 9.02. The van der Waals surface area contributed by atoms with Gasteiger partial charge in [0.15, 0.2) is 5.82 Å². The van der Waals surface area contributed by atoms with Crippen molar-refractivity contribution in [2.75, 3.05) is 19.0 Å². The van der Waals surface area contributed by atoms with Crippen molar-refractivity contribution < 1.29 is 4.74 Å². The Kier molecular flexibility index (Phi) is 5.73. The lowest BCUT2D eigenvalue weighted by atomic mass is 10.0. The molecule has 0 aliphatic carbocycles. The molecular weight excluding hydrogens is 238 g/mol. The predicted octanol–water partition coefficient (Wildman–Crippen LogP) is 3.44. The quantitative estimate of drug-likeness (QED) is 0.820. The van der Waals surface area contributed by atoms with Gasteiger partial charge in [-0.05, 0) is 33.1 Å². The van der Waals surface area contributed by atoms with Crippen molar-refractivity contribution in [1.82, 2.24) is 9.97 Å². The van der Waals surface area contributed by atoms with E-state index in [1.807, 2.05) is 13.8 Å². The molecule has 0 saturated carbocycles. The van der Waals surface area contributed by atoms with Crippen LogP contribution in [-0.2, 0) is 16.8 Å². The van der Waals surface area contributed by atoms with Crippen molar-refractivity contribution in [3.8, 4) is 0 Å². The number of aryl methyl sites for hydroxylation is 1. The molecule has 0 aromatic carbocycles. The van der Waals surface area contributed by atoms with Crippen molar-refractivity contribution in [2.45, 2.75) is 59.5 Å². The van der Waals surface area contributed by atoms with Gasteiger partial charge in [-0.1, -0.05) is 20.8 Å². The summed E-state index contributed by atoms with van der Waals surface area (Å²) in [5, 5.41) is 3.41. The molecule has 0 saturated heterocycles. The summed E-state index contributed by atoms with van der Waals surface area (Å²) in [6.45, 7) is 11.4. The lowest BCUT2D eigenvalue weighted by Crippen LogP contribution is -2.27. The summed E-state index contributed by atoms with van der Waals surface area (Å²) < 4.78 is 5.61. The molecule has 0 aliphatic rings. The number of nitrogens with one attached hydrogen (secondary N) is 1. The lowest BCUT2D eigenvalue weighted by Gasteiger charge is -2.26. The topological polar surface area (TPSA) is 47.0 Å².